The van der Waals surface area contributed by atoms with E-state index in [-0.39, 0.29) is 12.2 Å². The van der Waals surface area contributed by atoms with E-state index >= 15 is 0 Å². The Hall–Kier alpha value is -1.93. The number of aromatic hydroxyl groups is 1. The minimum Gasteiger partial charge on any atom is -0.506 e. The van der Waals surface area contributed by atoms with Crippen LogP contribution in [0.1, 0.15) is 36.5 Å². The molecule has 3 heterocycles. The van der Waals surface area contributed by atoms with Gasteiger partial charge in [0.1, 0.15) is 11.4 Å². The Balaban J connectivity index is 2.09. The number of esters is 1. The fraction of sp³-hybridized carbons (Fsp3) is 0.500. The summed E-state index contributed by atoms with van der Waals surface area (Å²) in [4.78, 5) is 31.8. The Labute approximate surface area is 159 Å². The first-order valence-corrected chi connectivity index (χ1v) is 9.63. The molecule has 3 rings (SSSR count). The van der Waals surface area contributed by atoms with Crippen molar-refractivity contribution in [3.05, 3.63) is 32.7 Å². The van der Waals surface area contributed by atoms with E-state index in [2.05, 4.69) is 25.8 Å². The molecule has 1 N–H and O–H groups in total. The third-order valence-electron chi connectivity index (χ3n) is 4.64. The van der Waals surface area contributed by atoms with Crippen molar-refractivity contribution in [2.24, 2.45) is 0 Å². The molecule has 140 valence electrons. The molecule has 0 spiro atoms. The monoisotopic (exact) mass is 423 g/mol. The number of nitrogens with zero attached hydrogens (tertiary/aromatic N) is 3. The summed E-state index contributed by atoms with van der Waals surface area (Å²) in [6.07, 6.45) is 5.11. The molecule has 0 amide bonds. The Kier molecular flexibility index (Phi) is 5.93. The van der Waals surface area contributed by atoms with Crippen molar-refractivity contribution in [3.63, 3.8) is 0 Å². The minimum absolute atomic E-state index is 0.123. The highest BCUT2D eigenvalue weighted by atomic mass is 79.9. The maximum absolute atomic E-state index is 12.9. The first-order valence-electron chi connectivity index (χ1n) is 8.84. The molecule has 0 radical (unpaired) electrons. The van der Waals surface area contributed by atoms with Crippen molar-refractivity contribution in [1.29, 1.82) is 0 Å². The molecule has 0 aromatic carbocycles. The Morgan fingerprint density at radius 2 is 2.04 bits per heavy atom. The predicted octanol–water partition coefficient (Wildman–Crippen LogP) is 2.53. The molecule has 0 bridgehead atoms. The summed E-state index contributed by atoms with van der Waals surface area (Å²) in [5.74, 6) is -1.21. The lowest BCUT2D eigenvalue weighted by atomic mass is 10.1. The fourth-order valence-corrected chi connectivity index (χ4v) is 3.81. The molecule has 2 aromatic heterocycles. The Morgan fingerprint density at radius 1 is 1.31 bits per heavy atom. The van der Waals surface area contributed by atoms with E-state index in [0.717, 1.165) is 25.9 Å². The standard InChI is InChI=1S/C18H22BrN3O4/c1-2-26-18(25)14-15(23)13-12(19)6-7-20-16(13)22(17(14)24)11-10-21-8-4-3-5-9-21/h6-7,23H,2-5,8-11H2,1H3. The number of pyridine rings is 2. The number of ether oxygens (including phenoxy) is 1. The van der Waals surface area contributed by atoms with Gasteiger partial charge in [-0.1, -0.05) is 6.42 Å². The van der Waals surface area contributed by atoms with Crippen LogP contribution in [-0.4, -0.2) is 51.8 Å². The number of hydrogen-bond acceptors (Lipinski definition) is 6. The second kappa shape index (κ2) is 8.18. The lowest BCUT2D eigenvalue weighted by molar-refractivity contribution is 0.0520. The van der Waals surface area contributed by atoms with Crippen molar-refractivity contribution < 1.29 is 14.6 Å². The second-order valence-corrected chi connectivity index (χ2v) is 7.15. The van der Waals surface area contributed by atoms with E-state index in [0.29, 0.717) is 28.6 Å². The van der Waals surface area contributed by atoms with Gasteiger partial charge in [-0.05, 0) is 54.9 Å². The minimum atomic E-state index is -0.820. The highest BCUT2D eigenvalue weighted by Gasteiger charge is 2.25. The summed E-state index contributed by atoms with van der Waals surface area (Å²) >= 11 is 3.38. The first-order chi connectivity index (χ1) is 12.5. The number of hydrogen-bond donors (Lipinski definition) is 1. The van der Waals surface area contributed by atoms with Gasteiger partial charge in [0.25, 0.3) is 5.56 Å². The number of aromatic nitrogens is 2. The number of carbonyl (C=O) groups excluding carboxylic acids is 1. The number of rotatable bonds is 5. The highest BCUT2D eigenvalue weighted by Crippen LogP contribution is 2.32. The van der Waals surface area contributed by atoms with E-state index < -0.39 is 17.3 Å². The van der Waals surface area contributed by atoms with Gasteiger partial charge >= 0.3 is 5.97 Å². The van der Waals surface area contributed by atoms with Crippen LogP contribution >= 0.6 is 15.9 Å². The molecule has 1 saturated heterocycles. The summed E-state index contributed by atoms with van der Waals surface area (Å²) in [5, 5.41) is 10.9. The van der Waals surface area contributed by atoms with Crippen LogP contribution in [0.4, 0.5) is 0 Å². The third kappa shape index (κ3) is 3.61. The Bertz CT molecular complexity index is 875. The SMILES string of the molecule is CCOC(=O)c1c(O)c2c(Br)ccnc2n(CCN2CCCCC2)c1=O. The zero-order valence-corrected chi connectivity index (χ0v) is 16.3. The molecular weight excluding hydrogens is 402 g/mol. The van der Waals surface area contributed by atoms with E-state index in [1.807, 2.05) is 0 Å². The molecule has 0 aliphatic carbocycles. The zero-order valence-electron chi connectivity index (χ0n) is 14.7. The van der Waals surface area contributed by atoms with Gasteiger partial charge in [-0.3, -0.25) is 9.36 Å². The van der Waals surface area contributed by atoms with Gasteiger partial charge in [-0.25, -0.2) is 9.78 Å². The Morgan fingerprint density at radius 3 is 2.73 bits per heavy atom. The topological polar surface area (TPSA) is 84.7 Å². The summed E-state index contributed by atoms with van der Waals surface area (Å²) < 4.78 is 7.00. The van der Waals surface area contributed by atoms with Crippen molar-refractivity contribution in [1.82, 2.24) is 14.5 Å². The smallest absolute Gasteiger partial charge is 0.347 e. The van der Waals surface area contributed by atoms with Crippen LogP contribution in [0.25, 0.3) is 11.0 Å². The number of piperidine rings is 1. The van der Waals surface area contributed by atoms with Crippen LogP contribution in [0.2, 0.25) is 0 Å². The molecule has 0 atom stereocenters. The first kappa shape index (κ1) is 18.8. The van der Waals surface area contributed by atoms with E-state index in [1.165, 1.54) is 11.0 Å². The number of carbonyl (C=O) groups is 1. The fourth-order valence-electron chi connectivity index (χ4n) is 3.33. The summed E-state index contributed by atoms with van der Waals surface area (Å²) in [5.41, 5.74) is -0.560. The van der Waals surface area contributed by atoms with Gasteiger partial charge in [0, 0.05) is 23.8 Å². The average molecular weight is 424 g/mol. The maximum atomic E-state index is 12.9. The second-order valence-electron chi connectivity index (χ2n) is 6.29. The molecule has 1 fully saturated rings. The van der Waals surface area contributed by atoms with Gasteiger partial charge in [-0.2, -0.15) is 0 Å². The van der Waals surface area contributed by atoms with Crippen LogP contribution in [0, 0.1) is 0 Å². The highest BCUT2D eigenvalue weighted by molar-refractivity contribution is 9.10. The van der Waals surface area contributed by atoms with Gasteiger partial charge in [0.15, 0.2) is 5.56 Å². The van der Waals surface area contributed by atoms with Crippen LogP contribution in [0.5, 0.6) is 5.75 Å². The largest absolute Gasteiger partial charge is 0.506 e. The van der Waals surface area contributed by atoms with Gasteiger partial charge in [0.05, 0.1) is 12.0 Å². The molecule has 1 aliphatic heterocycles. The molecule has 0 unspecified atom stereocenters. The van der Waals surface area contributed by atoms with E-state index in [9.17, 15) is 14.7 Å². The zero-order chi connectivity index (χ0) is 18.7. The summed E-state index contributed by atoms with van der Waals surface area (Å²) in [6.45, 7) is 4.88. The van der Waals surface area contributed by atoms with E-state index in [1.54, 1.807) is 19.2 Å². The summed E-state index contributed by atoms with van der Waals surface area (Å²) in [7, 11) is 0. The quantitative estimate of drug-likeness (QED) is 0.743. The normalized spacial score (nSPS) is 15.3. The van der Waals surface area contributed by atoms with Crippen LogP contribution in [0.15, 0.2) is 21.5 Å². The number of fused-ring (bicyclic) bond motifs is 1. The van der Waals surface area contributed by atoms with Crippen molar-refractivity contribution >= 4 is 32.9 Å². The van der Waals surface area contributed by atoms with Crippen molar-refractivity contribution in [2.45, 2.75) is 32.7 Å². The predicted molar refractivity (Wildman–Crippen MR) is 102 cm³/mol. The molecule has 2 aromatic rings. The van der Waals surface area contributed by atoms with Crippen LogP contribution < -0.4 is 5.56 Å². The molecule has 0 saturated carbocycles. The van der Waals surface area contributed by atoms with Crippen LogP contribution in [0.3, 0.4) is 0 Å². The van der Waals surface area contributed by atoms with Gasteiger partial charge in [0.2, 0.25) is 0 Å². The molecule has 7 nitrogen and oxygen atoms in total. The van der Waals surface area contributed by atoms with Gasteiger partial charge < -0.3 is 14.7 Å². The molecule has 1 aliphatic rings. The average Bonchev–Trinajstić information content (AvgIpc) is 2.62. The van der Waals surface area contributed by atoms with E-state index in [4.69, 9.17) is 4.74 Å². The third-order valence-corrected chi connectivity index (χ3v) is 5.30. The maximum Gasteiger partial charge on any atom is 0.347 e. The summed E-state index contributed by atoms with van der Waals surface area (Å²) in [6, 6.07) is 1.66. The van der Waals surface area contributed by atoms with Crippen LogP contribution in [-0.2, 0) is 11.3 Å². The number of halogens is 1. The number of likely N-dealkylation sites (tertiary alicyclic amines) is 1. The van der Waals surface area contributed by atoms with Gasteiger partial charge in [-0.15, -0.1) is 0 Å². The van der Waals surface area contributed by atoms with Crippen molar-refractivity contribution in [3.8, 4) is 5.75 Å². The molecule has 26 heavy (non-hydrogen) atoms. The molecular formula is C18H22BrN3O4. The van der Waals surface area contributed by atoms with Crippen molar-refractivity contribution in [2.75, 3.05) is 26.2 Å². The lowest BCUT2D eigenvalue weighted by Crippen LogP contribution is -2.36. The molecule has 8 heteroatoms. The lowest BCUT2D eigenvalue weighted by Gasteiger charge is -2.26.